The van der Waals surface area contributed by atoms with Crippen LogP contribution in [0.4, 0.5) is 10.5 Å². The Labute approximate surface area is 93.7 Å². The van der Waals surface area contributed by atoms with Crippen LogP contribution in [0.1, 0.15) is 13.8 Å². The summed E-state index contributed by atoms with van der Waals surface area (Å²) in [6.07, 6.45) is 0. The lowest BCUT2D eigenvalue weighted by Gasteiger charge is -2.16. The third-order valence-corrected chi connectivity index (χ3v) is 2.14. The maximum atomic E-state index is 11.1. The van der Waals surface area contributed by atoms with Gasteiger partial charge in [-0.15, -0.1) is 0 Å². The van der Waals surface area contributed by atoms with E-state index in [0.29, 0.717) is 17.2 Å². The predicted octanol–water partition coefficient (Wildman–Crippen LogP) is 1.95. The van der Waals surface area contributed by atoms with Crippen molar-refractivity contribution < 1.29 is 14.3 Å². The molecule has 16 heavy (non-hydrogen) atoms. The fourth-order valence-corrected chi connectivity index (χ4v) is 1.49. The molecule has 2 amide bonds. The molecule has 86 valence electrons. The average Bonchev–Trinajstić information content (AvgIpc) is 2.51. The fourth-order valence-electron chi connectivity index (χ4n) is 1.49. The predicted molar refractivity (Wildman–Crippen MR) is 59.9 cm³/mol. The molecule has 0 aromatic heterocycles. The zero-order valence-corrected chi connectivity index (χ0v) is 9.46. The first-order valence-corrected chi connectivity index (χ1v) is 5.01. The van der Waals surface area contributed by atoms with Crippen LogP contribution < -0.4 is 20.1 Å². The normalized spacial score (nSPS) is 15.7. The zero-order valence-electron chi connectivity index (χ0n) is 9.46. The van der Waals surface area contributed by atoms with Crippen LogP contribution in [0.3, 0.4) is 0 Å². The second-order valence-corrected chi connectivity index (χ2v) is 3.97. The van der Waals surface area contributed by atoms with E-state index in [-0.39, 0.29) is 6.03 Å². The van der Waals surface area contributed by atoms with Gasteiger partial charge < -0.3 is 20.1 Å². The Kier molecular flexibility index (Phi) is 2.38. The van der Waals surface area contributed by atoms with Crippen molar-refractivity contribution in [2.45, 2.75) is 19.6 Å². The Balaban J connectivity index is 2.19. The summed E-state index contributed by atoms with van der Waals surface area (Å²) in [7, 11) is 1.56. The Hall–Kier alpha value is -1.91. The van der Waals surface area contributed by atoms with Crippen molar-refractivity contribution >= 4 is 11.7 Å². The molecule has 0 atom stereocenters. The van der Waals surface area contributed by atoms with Gasteiger partial charge in [0.15, 0.2) is 11.5 Å². The Morgan fingerprint density at radius 3 is 2.62 bits per heavy atom. The van der Waals surface area contributed by atoms with Gasteiger partial charge in [-0.1, -0.05) is 0 Å². The van der Waals surface area contributed by atoms with Crippen molar-refractivity contribution in [3.63, 3.8) is 0 Å². The zero-order chi connectivity index (χ0) is 11.8. The molecule has 0 radical (unpaired) electrons. The smallest absolute Gasteiger partial charge is 0.318 e. The van der Waals surface area contributed by atoms with Crippen LogP contribution in [0.2, 0.25) is 0 Å². The molecule has 0 saturated carbocycles. The fraction of sp³-hybridized carbons (Fsp3) is 0.364. The minimum absolute atomic E-state index is 0.266. The van der Waals surface area contributed by atoms with Gasteiger partial charge in [0.2, 0.25) is 5.79 Å². The van der Waals surface area contributed by atoms with E-state index < -0.39 is 5.79 Å². The molecule has 0 aliphatic carbocycles. The second-order valence-electron chi connectivity index (χ2n) is 3.97. The summed E-state index contributed by atoms with van der Waals surface area (Å²) in [6, 6.07) is 5.01. The number of hydrogen-bond acceptors (Lipinski definition) is 3. The number of anilines is 1. The standard InChI is InChI=1S/C11H14N2O3/c1-11(2)15-8-5-4-7(6-9(8)16-11)13-10(14)12-3/h4-6H,1-3H3,(H2,12,13,14). The lowest BCUT2D eigenvalue weighted by Crippen LogP contribution is -2.29. The summed E-state index contributed by atoms with van der Waals surface area (Å²) in [6.45, 7) is 3.66. The van der Waals surface area contributed by atoms with E-state index in [0.717, 1.165) is 0 Å². The monoisotopic (exact) mass is 222 g/mol. The highest BCUT2D eigenvalue weighted by Crippen LogP contribution is 2.40. The van der Waals surface area contributed by atoms with E-state index in [1.165, 1.54) is 0 Å². The molecule has 0 unspecified atom stereocenters. The molecule has 1 heterocycles. The molecule has 5 nitrogen and oxygen atoms in total. The number of urea groups is 1. The van der Waals surface area contributed by atoms with E-state index in [9.17, 15) is 4.79 Å². The van der Waals surface area contributed by atoms with Crippen LogP contribution >= 0.6 is 0 Å². The first kappa shape index (κ1) is 10.6. The summed E-state index contributed by atoms with van der Waals surface area (Å²) in [5, 5.41) is 5.14. The molecule has 1 aromatic carbocycles. The maximum Gasteiger partial charge on any atom is 0.318 e. The molecule has 0 saturated heterocycles. The molecule has 2 N–H and O–H groups in total. The quantitative estimate of drug-likeness (QED) is 0.763. The number of rotatable bonds is 1. The van der Waals surface area contributed by atoms with E-state index in [2.05, 4.69) is 10.6 Å². The number of benzene rings is 1. The molecule has 1 aliphatic rings. The number of carbonyl (C=O) groups excluding carboxylic acids is 1. The van der Waals surface area contributed by atoms with Crippen LogP contribution in [0.15, 0.2) is 18.2 Å². The lowest BCUT2D eigenvalue weighted by molar-refractivity contribution is -0.0431. The van der Waals surface area contributed by atoms with Crippen molar-refractivity contribution in [3.8, 4) is 11.5 Å². The molecule has 0 fully saturated rings. The summed E-state index contributed by atoms with van der Waals surface area (Å²) in [5.74, 6) is 0.680. The van der Waals surface area contributed by atoms with Gasteiger partial charge in [-0.25, -0.2) is 4.79 Å². The maximum absolute atomic E-state index is 11.1. The largest absolute Gasteiger partial charge is 0.449 e. The molecule has 5 heteroatoms. The van der Waals surface area contributed by atoms with Gasteiger partial charge in [0.05, 0.1) is 0 Å². The molecular formula is C11H14N2O3. The molecule has 0 bridgehead atoms. The molecule has 2 rings (SSSR count). The van der Waals surface area contributed by atoms with E-state index >= 15 is 0 Å². The van der Waals surface area contributed by atoms with Crippen molar-refractivity contribution in [1.82, 2.24) is 5.32 Å². The van der Waals surface area contributed by atoms with Gasteiger partial charge in [0, 0.05) is 32.6 Å². The highest BCUT2D eigenvalue weighted by atomic mass is 16.7. The second kappa shape index (κ2) is 3.59. The van der Waals surface area contributed by atoms with Crippen molar-refractivity contribution in [2.24, 2.45) is 0 Å². The average molecular weight is 222 g/mol. The molecule has 1 aliphatic heterocycles. The lowest BCUT2D eigenvalue weighted by atomic mass is 10.3. The number of amides is 2. The Morgan fingerprint density at radius 2 is 1.94 bits per heavy atom. The minimum atomic E-state index is -0.645. The van der Waals surface area contributed by atoms with Crippen molar-refractivity contribution in [3.05, 3.63) is 18.2 Å². The molecular weight excluding hydrogens is 208 g/mol. The molecule has 1 aromatic rings. The number of fused-ring (bicyclic) bond motifs is 1. The van der Waals surface area contributed by atoms with Crippen molar-refractivity contribution in [2.75, 3.05) is 12.4 Å². The topological polar surface area (TPSA) is 59.6 Å². The van der Waals surface area contributed by atoms with Crippen LogP contribution in [0.25, 0.3) is 0 Å². The van der Waals surface area contributed by atoms with Crippen molar-refractivity contribution in [1.29, 1.82) is 0 Å². The third-order valence-electron chi connectivity index (χ3n) is 2.14. The summed E-state index contributed by atoms with van der Waals surface area (Å²) >= 11 is 0. The van der Waals surface area contributed by atoms with Gasteiger partial charge >= 0.3 is 6.03 Å². The number of nitrogens with one attached hydrogen (secondary N) is 2. The Bertz CT molecular complexity index is 429. The van der Waals surface area contributed by atoms with E-state index in [4.69, 9.17) is 9.47 Å². The Morgan fingerprint density at radius 1 is 1.25 bits per heavy atom. The SMILES string of the molecule is CNC(=O)Nc1ccc2c(c1)OC(C)(C)O2. The van der Waals surface area contributed by atoms with Crippen LogP contribution in [-0.4, -0.2) is 18.9 Å². The van der Waals surface area contributed by atoms with Gasteiger partial charge in [-0.2, -0.15) is 0 Å². The van der Waals surface area contributed by atoms with Crippen LogP contribution in [0, 0.1) is 0 Å². The van der Waals surface area contributed by atoms with Gasteiger partial charge in [-0.05, 0) is 12.1 Å². The van der Waals surface area contributed by atoms with Gasteiger partial charge in [-0.3, -0.25) is 0 Å². The first-order chi connectivity index (χ1) is 7.50. The van der Waals surface area contributed by atoms with Crippen LogP contribution in [-0.2, 0) is 0 Å². The number of hydrogen-bond donors (Lipinski definition) is 2. The number of ether oxygens (including phenoxy) is 2. The van der Waals surface area contributed by atoms with Gasteiger partial charge in [0.25, 0.3) is 0 Å². The number of carbonyl (C=O) groups is 1. The molecule has 0 spiro atoms. The highest BCUT2D eigenvalue weighted by molar-refractivity contribution is 5.89. The summed E-state index contributed by atoms with van der Waals surface area (Å²) in [4.78, 5) is 11.1. The van der Waals surface area contributed by atoms with Gasteiger partial charge in [0.1, 0.15) is 0 Å². The highest BCUT2D eigenvalue weighted by Gasteiger charge is 2.31. The van der Waals surface area contributed by atoms with E-state index in [1.54, 1.807) is 25.2 Å². The first-order valence-electron chi connectivity index (χ1n) is 5.01. The van der Waals surface area contributed by atoms with Crippen LogP contribution in [0.5, 0.6) is 11.5 Å². The third kappa shape index (κ3) is 2.03. The minimum Gasteiger partial charge on any atom is -0.449 e. The van der Waals surface area contributed by atoms with E-state index in [1.807, 2.05) is 13.8 Å². The summed E-state index contributed by atoms with van der Waals surface area (Å²) < 4.78 is 11.1. The summed E-state index contributed by atoms with van der Waals surface area (Å²) in [5.41, 5.74) is 0.666.